The fourth-order valence-electron chi connectivity index (χ4n) is 2.04. The molecule has 3 aromatic rings. The first-order valence-electron chi connectivity index (χ1n) is 6.59. The molecule has 0 spiro atoms. The lowest BCUT2D eigenvalue weighted by molar-refractivity contribution is 0.102. The summed E-state index contributed by atoms with van der Waals surface area (Å²) in [6, 6.07) is 7.03. The van der Waals surface area contributed by atoms with Gasteiger partial charge in [-0.25, -0.2) is 9.97 Å². The quantitative estimate of drug-likeness (QED) is 0.781. The minimum Gasteiger partial charge on any atom is -0.305 e. The SMILES string of the molecule is Cc1nc2ccc(C(=O)Nc3ccn(C)n3)cc2nc1C. The summed E-state index contributed by atoms with van der Waals surface area (Å²) in [7, 11) is 1.80. The third-order valence-electron chi connectivity index (χ3n) is 3.29. The summed E-state index contributed by atoms with van der Waals surface area (Å²) in [6.45, 7) is 3.83. The number of anilines is 1. The van der Waals surface area contributed by atoms with Crippen molar-refractivity contribution in [3.63, 3.8) is 0 Å². The van der Waals surface area contributed by atoms with E-state index in [4.69, 9.17) is 0 Å². The normalized spacial score (nSPS) is 10.8. The Morgan fingerprint density at radius 2 is 1.81 bits per heavy atom. The van der Waals surface area contributed by atoms with Gasteiger partial charge in [0, 0.05) is 24.9 Å². The molecule has 106 valence electrons. The third kappa shape index (κ3) is 2.60. The molecule has 2 aromatic heterocycles. The summed E-state index contributed by atoms with van der Waals surface area (Å²) in [5.74, 6) is 0.310. The summed E-state index contributed by atoms with van der Waals surface area (Å²) >= 11 is 0. The van der Waals surface area contributed by atoms with Crippen LogP contribution in [0.15, 0.2) is 30.5 Å². The van der Waals surface area contributed by atoms with Crippen molar-refractivity contribution in [1.29, 1.82) is 0 Å². The average molecular weight is 281 g/mol. The highest BCUT2D eigenvalue weighted by molar-refractivity contribution is 6.05. The summed E-state index contributed by atoms with van der Waals surface area (Å²) in [5.41, 5.74) is 3.79. The summed E-state index contributed by atoms with van der Waals surface area (Å²) in [5, 5.41) is 6.87. The van der Waals surface area contributed by atoms with E-state index in [2.05, 4.69) is 20.4 Å². The van der Waals surface area contributed by atoms with Gasteiger partial charge in [0.15, 0.2) is 5.82 Å². The van der Waals surface area contributed by atoms with Gasteiger partial charge in [-0.2, -0.15) is 5.10 Å². The van der Waals surface area contributed by atoms with Crippen molar-refractivity contribution in [1.82, 2.24) is 19.7 Å². The minimum atomic E-state index is -0.212. The molecule has 1 N–H and O–H groups in total. The van der Waals surface area contributed by atoms with Crippen LogP contribution in [0.4, 0.5) is 5.82 Å². The predicted molar refractivity (Wildman–Crippen MR) is 80.2 cm³/mol. The number of nitrogens with zero attached hydrogens (tertiary/aromatic N) is 4. The summed E-state index contributed by atoms with van der Waals surface area (Å²) < 4.78 is 1.63. The molecular weight excluding hydrogens is 266 g/mol. The van der Waals surface area contributed by atoms with Crippen molar-refractivity contribution in [2.45, 2.75) is 13.8 Å². The van der Waals surface area contributed by atoms with Crippen molar-refractivity contribution < 1.29 is 4.79 Å². The van der Waals surface area contributed by atoms with Crippen LogP contribution in [0.1, 0.15) is 21.7 Å². The molecule has 0 aliphatic heterocycles. The van der Waals surface area contributed by atoms with Crippen molar-refractivity contribution >= 4 is 22.8 Å². The van der Waals surface area contributed by atoms with Gasteiger partial charge >= 0.3 is 0 Å². The highest BCUT2D eigenvalue weighted by Gasteiger charge is 2.10. The van der Waals surface area contributed by atoms with Gasteiger partial charge in [-0.05, 0) is 32.0 Å². The Bertz CT molecular complexity index is 837. The van der Waals surface area contributed by atoms with E-state index >= 15 is 0 Å². The molecule has 0 radical (unpaired) electrons. The smallest absolute Gasteiger partial charge is 0.256 e. The van der Waals surface area contributed by atoms with Gasteiger partial charge in [0.25, 0.3) is 5.91 Å². The van der Waals surface area contributed by atoms with E-state index in [0.717, 1.165) is 16.9 Å². The Kier molecular flexibility index (Phi) is 3.13. The lowest BCUT2D eigenvalue weighted by atomic mass is 10.1. The van der Waals surface area contributed by atoms with Crippen LogP contribution in [0, 0.1) is 13.8 Å². The number of aromatic nitrogens is 4. The minimum absolute atomic E-state index is 0.212. The average Bonchev–Trinajstić information content (AvgIpc) is 2.85. The number of hydrogen-bond acceptors (Lipinski definition) is 4. The molecule has 0 atom stereocenters. The molecule has 0 aliphatic carbocycles. The molecule has 3 rings (SSSR count). The standard InChI is InChI=1S/C15H15N5O/c1-9-10(2)17-13-8-11(4-5-12(13)16-9)15(21)18-14-6-7-20(3)19-14/h4-8H,1-3H3,(H,18,19,21). The first kappa shape index (κ1) is 13.2. The largest absolute Gasteiger partial charge is 0.305 e. The maximum atomic E-state index is 12.2. The van der Waals surface area contributed by atoms with Crippen LogP contribution in [-0.4, -0.2) is 25.7 Å². The van der Waals surface area contributed by atoms with Crippen LogP contribution in [0.3, 0.4) is 0 Å². The Hall–Kier alpha value is -2.76. The molecule has 0 bridgehead atoms. The van der Waals surface area contributed by atoms with Crippen LogP contribution in [0.5, 0.6) is 0 Å². The zero-order valence-corrected chi connectivity index (χ0v) is 12.1. The molecule has 6 nitrogen and oxygen atoms in total. The molecule has 6 heteroatoms. The second-order valence-electron chi connectivity index (χ2n) is 4.93. The Morgan fingerprint density at radius 1 is 1.10 bits per heavy atom. The maximum absolute atomic E-state index is 12.2. The summed E-state index contributed by atoms with van der Waals surface area (Å²) in [6.07, 6.45) is 1.77. The van der Waals surface area contributed by atoms with Crippen molar-refractivity contribution in [2.75, 3.05) is 5.32 Å². The van der Waals surface area contributed by atoms with Crippen LogP contribution in [0.2, 0.25) is 0 Å². The molecule has 0 unspecified atom stereocenters. The first-order valence-corrected chi connectivity index (χ1v) is 6.59. The maximum Gasteiger partial charge on any atom is 0.256 e. The van der Waals surface area contributed by atoms with Gasteiger partial charge in [0.05, 0.1) is 22.4 Å². The number of amides is 1. The Labute approximate surface area is 121 Å². The molecule has 1 amide bonds. The van der Waals surface area contributed by atoms with E-state index in [9.17, 15) is 4.79 Å². The zero-order chi connectivity index (χ0) is 15.0. The van der Waals surface area contributed by atoms with Crippen molar-refractivity contribution in [3.05, 3.63) is 47.4 Å². The van der Waals surface area contributed by atoms with E-state index < -0.39 is 0 Å². The number of carbonyl (C=O) groups excluding carboxylic acids is 1. The number of hydrogen-bond donors (Lipinski definition) is 1. The zero-order valence-electron chi connectivity index (χ0n) is 12.1. The van der Waals surface area contributed by atoms with Crippen molar-refractivity contribution in [2.24, 2.45) is 7.05 Å². The molecule has 21 heavy (non-hydrogen) atoms. The van der Waals surface area contributed by atoms with Gasteiger partial charge < -0.3 is 5.32 Å². The topological polar surface area (TPSA) is 72.7 Å². The van der Waals surface area contributed by atoms with Gasteiger partial charge in [0.1, 0.15) is 0 Å². The molecule has 0 fully saturated rings. The van der Waals surface area contributed by atoms with Gasteiger partial charge in [0.2, 0.25) is 0 Å². The number of nitrogens with one attached hydrogen (secondary N) is 1. The molecule has 0 saturated heterocycles. The number of aryl methyl sites for hydroxylation is 3. The summed E-state index contributed by atoms with van der Waals surface area (Å²) in [4.78, 5) is 21.1. The van der Waals surface area contributed by atoms with E-state index in [1.807, 2.05) is 19.9 Å². The number of fused-ring (bicyclic) bond motifs is 1. The molecule has 0 saturated carbocycles. The monoisotopic (exact) mass is 281 g/mol. The van der Waals surface area contributed by atoms with E-state index in [1.54, 1.807) is 36.1 Å². The predicted octanol–water partition coefficient (Wildman–Crippen LogP) is 2.23. The fraction of sp³-hybridized carbons (Fsp3) is 0.200. The number of benzene rings is 1. The number of rotatable bonds is 2. The molecular formula is C15H15N5O. The number of carbonyl (C=O) groups is 1. The fourth-order valence-corrected chi connectivity index (χ4v) is 2.04. The van der Waals surface area contributed by atoms with Crippen LogP contribution >= 0.6 is 0 Å². The highest BCUT2D eigenvalue weighted by Crippen LogP contribution is 2.15. The second-order valence-corrected chi connectivity index (χ2v) is 4.93. The Balaban J connectivity index is 1.93. The lowest BCUT2D eigenvalue weighted by Crippen LogP contribution is -2.12. The molecule has 1 aromatic carbocycles. The van der Waals surface area contributed by atoms with E-state index in [0.29, 0.717) is 16.9 Å². The van der Waals surface area contributed by atoms with Gasteiger partial charge in [-0.3, -0.25) is 9.48 Å². The van der Waals surface area contributed by atoms with Crippen LogP contribution in [0.25, 0.3) is 11.0 Å². The van der Waals surface area contributed by atoms with Crippen LogP contribution < -0.4 is 5.32 Å². The van der Waals surface area contributed by atoms with Gasteiger partial charge in [-0.15, -0.1) is 0 Å². The third-order valence-corrected chi connectivity index (χ3v) is 3.29. The van der Waals surface area contributed by atoms with E-state index in [1.165, 1.54) is 0 Å². The Morgan fingerprint density at radius 3 is 2.48 bits per heavy atom. The highest BCUT2D eigenvalue weighted by atomic mass is 16.1. The second kappa shape index (κ2) is 4.97. The van der Waals surface area contributed by atoms with Gasteiger partial charge in [-0.1, -0.05) is 0 Å². The molecule has 2 heterocycles. The first-order chi connectivity index (χ1) is 10.0. The van der Waals surface area contributed by atoms with Crippen LogP contribution in [-0.2, 0) is 7.05 Å². The van der Waals surface area contributed by atoms with E-state index in [-0.39, 0.29) is 5.91 Å². The molecule has 0 aliphatic rings. The van der Waals surface area contributed by atoms with Crippen molar-refractivity contribution in [3.8, 4) is 0 Å². The lowest BCUT2D eigenvalue weighted by Gasteiger charge is -2.05.